The lowest BCUT2D eigenvalue weighted by atomic mass is 10.0. The molecule has 0 bridgehead atoms. The molecule has 4 rings (SSSR count). The lowest BCUT2D eigenvalue weighted by Gasteiger charge is -2.37. The number of hydrogen-bond donors (Lipinski definition) is 2. The summed E-state index contributed by atoms with van der Waals surface area (Å²) in [5.74, 6) is 0.175. The number of halogens is 1. The fourth-order valence-electron chi connectivity index (χ4n) is 4.29. The highest BCUT2D eigenvalue weighted by molar-refractivity contribution is 5.87. The molecule has 0 radical (unpaired) electrons. The molecule has 7 nitrogen and oxygen atoms in total. The number of likely N-dealkylation sites (tertiary alicyclic amines) is 1. The van der Waals surface area contributed by atoms with Gasteiger partial charge >= 0.3 is 12.0 Å². The number of ether oxygens (including phenoxy) is 1. The van der Waals surface area contributed by atoms with Crippen LogP contribution < -0.4 is 10.1 Å². The van der Waals surface area contributed by atoms with Crippen molar-refractivity contribution < 1.29 is 23.8 Å². The predicted molar refractivity (Wildman–Crippen MR) is 155 cm³/mol. The molecule has 2 amide bonds. The predicted octanol–water partition coefficient (Wildman–Crippen LogP) is 6.05. The number of urea groups is 1. The summed E-state index contributed by atoms with van der Waals surface area (Å²) in [6, 6.07) is 22.6. The molecule has 0 saturated carbocycles. The van der Waals surface area contributed by atoms with Crippen molar-refractivity contribution in [1.82, 2.24) is 15.1 Å². The highest BCUT2D eigenvalue weighted by atomic mass is 19.1. The molecule has 1 heterocycles. The first-order valence-electron chi connectivity index (χ1n) is 13.7. The number of nitrogens with one attached hydrogen (secondary N) is 1. The van der Waals surface area contributed by atoms with Crippen molar-refractivity contribution in [3.63, 3.8) is 0 Å². The van der Waals surface area contributed by atoms with Gasteiger partial charge in [0.05, 0.1) is 12.2 Å². The third-order valence-corrected chi connectivity index (χ3v) is 6.63. The monoisotopic (exact) mass is 549 g/mol. The number of carboxylic acid groups (broad SMARTS) is 1. The van der Waals surface area contributed by atoms with Crippen molar-refractivity contribution >= 4 is 12.0 Å². The van der Waals surface area contributed by atoms with Crippen LogP contribution in [0.3, 0.4) is 0 Å². The first kappa shape index (κ1) is 30.6. The Balaban J connectivity index is 0.000000415. The van der Waals surface area contributed by atoms with Crippen LogP contribution in [-0.4, -0.2) is 59.7 Å². The zero-order valence-electron chi connectivity index (χ0n) is 23.6. The molecule has 3 aromatic carbocycles. The van der Waals surface area contributed by atoms with Gasteiger partial charge in [-0.1, -0.05) is 56.3 Å². The molecule has 214 valence electrons. The van der Waals surface area contributed by atoms with Gasteiger partial charge in [0.1, 0.15) is 11.6 Å². The molecule has 0 spiro atoms. The summed E-state index contributed by atoms with van der Waals surface area (Å²) in [5, 5.41) is 11.5. The Hall–Kier alpha value is -3.91. The van der Waals surface area contributed by atoms with E-state index in [1.54, 1.807) is 42.5 Å². The molecule has 1 fully saturated rings. The van der Waals surface area contributed by atoms with Crippen LogP contribution in [0.5, 0.6) is 5.75 Å². The maximum Gasteiger partial charge on any atom is 0.335 e. The summed E-state index contributed by atoms with van der Waals surface area (Å²) in [6.07, 6.45) is 1.88. The molecular weight excluding hydrogens is 509 g/mol. The summed E-state index contributed by atoms with van der Waals surface area (Å²) in [6.45, 7) is 7.78. The van der Waals surface area contributed by atoms with Crippen molar-refractivity contribution in [2.24, 2.45) is 5.92 Å². The van der Waals surface area contributed by atoms with Crippen molar-refractivity contribution in [1.29, 1.82) is 0 Å². The van der Waals surface area contributed by atoms with E-state index in [0.717, 1.165) is 42.8 Å². The number of hydrogen-bond acceptors (Lipinski definition) is 4. The normalized spacial score (nSPS) is 13.7. The molecule has 40 heavy (non-hydrogen) atoms. The third kappa shape index (κ3) is 10.3. The second-order valence-corrected chi connectivity index (χ2v) is 10.5. The Morgan fingerprint density at radius 1 is 0.975 bits per heavy atom. The minimum absolute atomic E-state index is 0.0842. The number of rotatable bonds is 9. The average molecular weight is 550 g/mol. The third-order valence-electron chi connectivity index (χ3n) is 6.63. The van der Waals surface area contributed by atoms with E-state index in [-0.39, 0.29) is 17.9 Å². The van der Waals surface area contributed by atoms with E-state index in [9.17, 15) is 14.0 Å². The Morgan fingerprint density at radius 2 is 1.57 bits per heavy atom. The van der Waals surface area contributed by atoms with Crippen LogP contribution >= 0.6 is 0 Å². The second-order valence-electron chi connectivity index (χ2n) is 10.5. The first-order chi connectivity index (χ1) is 19.2. The molecule has 1 aliphatic heterocycles. The van der Waals surface area contributed by atoms with E-state index in [2.05, 4.69) is 31.1 Å². The van der Waals surface area contributed by atoms with Gasteiger partial charge in [-0.2, -0.15) is 0 Å². The number of carbonyl (C=O) groups excluding carboxylic acids is 1. The van der Waals surface area contributed by atoms with Gasteiger partial charge in [-0.25, -0.2) is 14.0 Å². The van der Waals surface area contributed by atoms with Gasteiger partial charge in [-0.15, -0.1) is 0 Å². The number of carboxylic acids is 1. The Labute approximate surface area is 236 Å². The topological polar surface area (TPSA) is 82.1 Å². The van der Waals surface area contributed by atoms with Crippen molar-refractivity contribution in [3.8, 4) is 5.75 Å². The van der Waals surface area contributed by atoms with Gasteiger partial charge in [0.25, 0.3) is 0 Å². The molecule has 1 aliphatic rings. The zero-order valence-corrected chi connectivity index (χ0v) is 23.6. The maximum atomic E-state index is 13.3. The molecule has 0 aromatic heterocycles. The lowest BCUT2D eigenvalue weighted by Crippen LogP contribution is -2.49. The van der Waals surface area contributed by atoms with Crippen molar-refractivity contribution in [2.45, 2.75) is 45.8 Å². The highest BCUT2D eigenvalue weighted by Crippen LogP contribution is 2.19. The fraction of sp³-hybridized carbons (Fsp3) is 0.375. The van der Waals surface area contributed by atoms with Crippen LogP contribution in [0.4, 0.5) is 9.18 Å². The molecule has 1 saturated heterocycles. The van der Waals surface area contributed by atoms with E-state index < -0.39 is 5.97 Å². The molecule has 0 unspecified atom stereocenters. The van der Waals surface area contributed by atoms with Gasteiger partial charge in [0.2, 0.25) is 0 Å². The van der Waals surface area contributed by atoms with Gasteiger partial charge in [-0.05, 0) is 86.4 Å². The number of amides is 2. The van der Waals surface area contributed by atoms with E-state index in [1.165, 1.54) is 12.1 Å². The minimum Gasteiger partial charge on any atom is -0.493 e. The quantitative estimate of drug-likeness (QED) is 0.340. The summed E-state index contributed by atoms with van der Waals surface area (Å²) in [4.78, 5) is 27.5. The Morgan fingerprint density at radius 3 is 2.12 bits per heavy atom. The Kier molecular flexibility index (Phi) is 12.0. The maximum absolute atomic E-state index is 13.3. The molecule has 0 aliphatic carbocycles. The van der Waals surface area contributed by atoms with Crippen LogP contribution in [0.15, 0.2) is 78.9 Å². The van der Waals surface area contributed by atoms with Crippen LogP contribution in [0.25, 0.3) is 0 Å². The van der Waals surface area contributed by atoms with E-state index in [4.69, 9.17) is 9.84 Å². The average Bonchev–Trinajstić information content (AvgIpc) is 2.96. The Bertz CT molecular complexity index is 1180. The van der Waals surface area contributed by atoms with Gasteiger partial charge in [-0.3, -0.25) is 0 Å². The number of aromatic carboxylic acids is 1. The number of nitrogens with zero attached hydrogens (tertiary/aromatic N) is 2. The number of carbonyl (C=O) groups is 2. The zero-order chi connectivity index (χ0) is 28.9. The van der Waals surface area contributed by atoms with Gasteiger partial charge in [0.15, 0.2) is 0 Å². The second kappa shape index (κ2) is 15.6. The number of piperidine rings is 1. The number of benzene rings is 3. The van der Waals surface area contributed by atoms with Crippen LogP contribution in [0.1, 0.15) is 48.2 Å². The summed E-state index contributed by atoms with van der Waals surface area (Å²) >= 11 is 0. The fourth-order valence-corrected chi connectivity index (χ4v) is 4.29. The lowest BCUT2D eigenvalue weighted by molar-refractivity contribution is 0.0697. The van der Waals surface area contributed by atoms with Crippen molar-refractivity contribution in [2.75, 3.05) is 26.7 Å². The molecular formula is C32H40FN3O4. The van der Waals surface area contributed by atoms with E-state index in [1.807, 2.05) is 29.2 Å². The highest BCUT2D eigenvalue weighted by Gasteiger charge is 2.27. The molecule has 0 atom stereocenters. The van der Waals surface area contributed by atoms with E-state index >= 15 is 0 Å². The molecule has 2 N–H and O–H groups in total. The summed E-state index contributed by atoms with van der Waals surface area (Å²) in [5.41, 5.74) is 2.29. The van der Waals surface area contributed by atoms with Gasteiger partial charge < -0.3 is 25.0 Å². The van der Waals surface area contributed by atoms with Crippen LogP contribution in [0.2, 0.25) is 0 Å². The summed E-state index contributed by atoms with van der Waals surface area (Å²) < 4.78 is 19.0. The SMILES string of the molecule is CC(C)COc1ccc(CNC(=O)N(Cc2ccc(F)cc2)C2CCN(C)CC2)cc1.O=C(O)c1ccccc1. The van der Waals surface area contributed by atoms with Gasteiger partial charge in [0, 0.05) is 19.1 Å². The van der Waals surface area contributed by atoms with Crippen LogP contribution in [0, 0.1) is 11.7 Å². The smallest absolute Gasteiger partial charge is 0.335 e. The molecule has 8 heteroatoms. The van der Waals surface area contributed by atoms with Crippen molar-refractivity contribution in [3.05, 3.63) is 101 Å². The standard InChI is InChI=1S/C25H34FN3O2.C7H6O2/c1-19(2)18-31-24-10-6-20(7-11-24)16-27-25(30)29(23-12-14-28(3)15-13-23)17-21-4-8-22(26)9-5-21;8-7(9)6-4-2-1-3-5-6/h4-11,19,23H,12-18H2,1-3H3,(H,27,30);1-5H,(H,8,9). The largest absolute Gasteiger partial charge is 0.493 e. The first-order valence-corrected chi connectivity index (χ1v) is 13.7. The van der Waals surface area contributed by atoms with E-state index in [0.29, 0.717) is 31.2 Å². The minimum atomic E-state index is -0.879. The van der Waals surface area contributed by atoms with Crippen LogP contribution in [-0.2, 0) is 13.1 Å². The summed E-state index contributed by atoms with van der Waals surface area (Å²) in [7, 11) is 2.11. The molecule has 3 aromatic rings.